The Balaban J connectivity index is 1.90. The van der Waals surface area contributed by atoms with E-state index in [1.807, 2.05) is 13.8 Å². The Morgan fingerprint density at radius 3 is 2.63 bits per heavy atom. The van der Waals surface area contributed by atoms with Gasteiger partial charge in [0.05, 0.1) is 13.1 Å². The highest BCUT2D eigenvalue weighted by atomic mass is 19.1. The third-order valence-electron chi connectivity index (χ3n) is 3.72. The molecule has 146 valence electrons. The number of ether oxygens (including phenoxy) is 1. The summed E-state index contributed by atoms with van der Waals surface area (Å²) in [6.07, 6.45) is -1.28. The van der Waals surface area contributed by atoms with E-state index in [1.165, 1.54) is 24.3 Å². The molecule has 2 aromatic rings. The Hall–Kier alpha value is -2.67. The Kier molecular flexibility index (Phi) is 8.00. The number of aliphatic hydroxyl groups excluding tert-OH is 1. The third kappa shape index (κ3) is 6.86. The van der Waals surface area contributed by atoms with Crippen LogP contribution in [0.5, 0.6) is 5.75 Å². The van der Waals surface area contributed by atoms with Crippen LogP contribution in [0, 0.1) is 11.6 Å². The zero-order chi connectivity index (χ0) is 19.6. The predicted molar refractivity (Wildman–Crippen MR) is 102 cm³/mol. The number of hydrogen-bond donors (Lipinski definition) is 3. The second-order valence-electron chi connectivity index (χ2n) is 6.02. The van der Waals surface area contributed by atoms with E-state index in [1.54, 1.807) is 24.3 Å². The molecule has 2 unspecified atom stereocenters. The summed E-state index contributed by atoms with van der Waals surface area (Å²) >= 11 is 0. The Morgan fingerprint density at radius 1 is 1.15 bits per heavy atom. The normalized spacial score (nSPS) is 13.7. The van der Waals surface area contributed by atoms with Crippen molar-refractivity contribution < 1.29 is 18.6 Å². The van der Waals surface area contributed by atoms with Crippen molar-refractivity contribution in [3.05, 3.63) is 65.7 Å². The molecule has 2 aromatic carbocycles. The van der Waals surface area contributed by atoms with Crippen molar-refractivity contribution in [2.45, 2.75) is 26.1 Å². The maximum absolute atomic E-state index is 13.7. The van der Waals surface area contributed by atoms with Gasteiger partial charge in [-0.1, -0.05) is 24.3 Å². The van der Waals surface area contributed by atoms with E-state index >= 15 is 0 Å². The first-order valence-corrected chi connectivity index (χ1v) is 8.86. The fraction of sp³-hybridized carbons (Fsp3) is 0.350. The first kappa shape index (κ1) is 20.6. The van der Waals surface area contributed by atoms with Crippen LogP contribution in [0.3, 0.4) is 0 Å². The maximum Gasteiger partial charge on any atom is 0.191 e. The minimum absolute atomic E-state index is 0.00933. The van der Waals surface area contributed by atoms with Gasteiger partial charge in [-0.15, -0.1) is 0 Å². The number of guanidine groups is 1. The van der Waals surface area contributed by atoms with Crippen molar-refractivity contribution in [3.8, 4) is 5.75 Å². The lowest BCUT2D eigenvalue weighted by Crippen LogP contribution is -2.42. The standard InChI is InChI=1S/C20H25F2N3O2/c1-3-23-20(25-13-19(26)17-9-4-5-10-18(17)22)24-12-14(2)27-16-8-6-7-15(21)11-16/h4-11,14,19,26H,3,12-13H2,1-2H3,(H2,23,24,25). The Bertz CT molecular complexity index is 756. The second-order valence-corrected chi connectivity index (χ2v) is 6.02. The number of benzene rings is 2. The summed E-state index contributed by atoms with van der Waals surface area (Å²) in [5, 5.41) is 16.3. The number of halogens is 2. The van der Waals surface area contributed by atoms with E-state index in [0.717, 1.165) is 0 Å². The molecule has 0 aliphatic heterocycles. The van der Waals surface area contributed by atoms with Gasteiger partial charge < -0.3 is 20.5 Å². The van der Waals surface area contributed by atoms with Crippen molar-refractivity contribution in [2.75, 3.05) is 19.6 Å². The summed E-state index contributed by atoms with van der Waals surface area (Å²) < 4.78 is 32.6. The zero-order valence-corrected chi connectivity index (χ0v) is 15.5. The van der Waals surface area contributed by atoms with Gasteiger partial charge in [0.15, 0.2) is 5.96 Å². The van der Waals surface area contributed by atoms with Crippen LogP contribution in [0.4, 0.5) is 8.78 Å². The van der Waals surface area contributed by atoms with Crippen molar-refractivity contribution in [1.29, 1.82) is 0 Å². The topological polar surface area (TPSA) is 65.9 Å². The fourth-order valence-electron chi connectivity index (χ4n) is 2.42. The van der Waals surface area contributed by atoms with Crippen LogP contribution in [-0.4, -0.2) is 36.8 Å². The van der Waals surface area contributed by atoms with E-state index < -0.39 is 11.9 Å². The number of nitrogens with zero attached hydrogens (tertiary/aromatic N) is 1. The second kappa shape index (κ2) is 10.5. The lowest BCUT2D eigenvalue weighted by Gasteiger charge is -2.18. The third-order valence-corrected chi connectivity index (χ3v) is 3.72. The predicted octanol–water partition coefficient (Wildman–Crippen LogP) is 3.02. The molecule has 0 aromatic heterocycles. The molecule has 0 aliphatic carbocycles. The number of aliphatic hydroxyl groups is 1. The van der Waals surface area contributed by atoms with Crippen LogP contribution in [0.1, 0.15) is 25.5 Å². The molecule has 2 atom stereocenters. The van der Waals surface area contributed by atoms with E-state index in [9.17, 15) is 13.9 Å². The average molecular weight is 377 g/mol. The van der Waals surface area contributed by atoms with Crippen molar-refractivity contribution >= 4 is 5.96 Å². The van der Waals surface area contributed by atoms with Crippen LogP contribution < -0.4 is 15.4 Å². The lowest BCUT2D eigenvalue weighted by molar-refractivity contribution is 0.182. The van der Waals surface area contributed by atoms with Gasteiger partial charge in [0, 0.05) is 18.2 Å². The monoisotopic (exact) mass is 377 g/mol. The van der Waals surface area contributed by atoms with Crippen LogP contribution in [-0.2, 0) is 0 Å². The van der Waals surface area contributed by atoms with Gasteiger partial charge in [-0.3, -0.25) is 4.99 Å². The molecule has 0 amide bonds. The molecule has 0 aliphatic rings. The molecule has 0 spiro atoms. The SMILES string of the molecule is CCNC(=NCC(O)c1ccccc1F)NCC(C)Oc1cccc(F)c1. The van der Waals surface area contributed by atoms with Crippen LogP contribution in [0.25, 0.3) is 0 Å². The summed E-state index contributed by atoms with van der Waals surface area (Å²) in [6.45, 7) is 4.81. The highest BCUT2D eigenvalue weighted by molar-refractivity contribution is 5.79. The van der Waals surface area contributed by atoms with E-state index in [-0.39, 0.29) is 24.0 Å². The van der Waals surface area contributed by atoms with Gasteiger partial charge >= 0.3 is 0 Å². The van der Waals surface area contributed by atoms with Gasteiger partial charge in [0.1, 0.15) is 29.6 Å². The molecule has 0 saturated carbocycles. The van der Waals surface area contributed by atoms with Crippen molar-refractivity contribution in [2.24, 2.45) is 4.99 Å². The smallest absolute Gasteiger partial charge is 0.191 e. The summed E-state index contributed by atoms with van der Waals surface area (Å²) in [7, 11) is 0. The first-order chi connectivity index (χ1) is 13.0. The molecular weight excluding hydrogens is 352 g/mol. The van der Waals surface area contributed by atoms with E-state index in [4.69, 9.17) is 4.74 Å². The summed E-state index contributed by atoms with van der Waals surface area (Å²) in [5.41, 5.74) is 0.208. The van der Waals surface area contributed by atoms with Gasteiger partial charge in [0.2, 0.25) is 0 Å². The van der Waals surface area contributed by atoms with Crippen molar-refractivity contribution in [1.82, 2.24) is 10.6 Å². The van der Waals surface area contributed by atoms with Crippen LogP contribution in [0.2, 0.25) is 0 Å². The van der Waals surface area contributed by atoms with Gasteiger partial charge in [-0.2, -0.15) is 0 Å². The number of aliphatic imine (C=N–C) groups is 1. The maximum atomic E-state index is 13.7. The largest absolute Gasteiger partial charge is 0.489 e. The lowest BCUT2D eigenvalue weighted by atomic mass is 10.1. The number of rotatable bonds is 8. The molecule has 0 saturated heterocycles. The molecule has 27 heavy (non-hydrogen) atoms. The van der Waals surface area contributed by atoms with E-state index in [0.29, 0.717) is 24.8 Å². The first-order valence-electron chi connectivity index (χ1n) is 8.86. The summed E-state index contributed by atoms with van der Waals surface area (Å²) in [5.74, 6) is 0.101. The summed E-state index contributed by atoms with van der Waals surface area (Å²) in [4.78, 5) is 4.29. The minimum atomic E-state index is -1.04. The van der Waals surface area contributed by atoms with E-state index in [2.05, 4.69) is 15.6 Å². The molecule has 0 bridgehead atoms. The Morgan fingerprint density at radius 2 is 1.93 bits per heavy atom. The molecule has 5 nitrogen and oxygen atoms in total. The molecule has 0 radical (unpaired) electrons. The number of nitrogens with one attached hydrogen (secondary N) is 2. The molecular formula is C20H25F2N3O2. The summed E-state index contributed by atoms with van der Waals surface area (Å²) in [6, 6.07) is 12.0. The fourth-order valence-corrected chi connectivity index (χ4v) is 2.42. The molecule has 3 N–H and O–H groups in total. The van der Waals surface area contributed by atoms with Gasteiger partial charge in [-0.05, 0) is 32.0 Å². The quantitative estimate of drug-likeness (QED) is 0.489. The van der Waals surface area contributed by atoms with Crippen LogP contribution in [0.15, 0.2) is 53.5 Å². The highest BCUT2D eigenvalue weighted by Gasteiger charge is 2.12. The highest BCUT2D eigenvalue weighted by Crippen LogP contribution is 2.16. The Labute approximate surface area is 158 Å². The zero-order valence-electron chi connectivity index (χ0n) is 15.5. The van der Waals surface area contributed by atoms with Crippen molar-refractivity contribution in [3.63, 3.8) is 0 Å². The van der Waals surface area contributed by atoms with Gasteiger partial charge in [-0.25, -0.2) is 8.78 Å². The van der Waals surface area contributed by atoms with Gasteiger partial charge in [0.25, 0.3) is 0 Å². The number of hydrogen-bond acceptors (Lipinski definition) is 3. The molecule has 0 fully saturated rings. The minimum Gasteiger partial charge on any atom is -0.489 e. The average Bonchev–Trinajstić information content (AvgIpc) is 2.64. The molecule has 0 heterocycles. The molecule has 7 heteroatoms. The molecule has 2 rings (SSSR count). The van der Waals surface area contributed by atoms with Crippen LogP contribution >= 0.6 is 0 Å².